The van der Waals surface area contributed by atoms with Crippen LogP contribution in [-0.4, -0.2) is 22.8 Å². The van der Waals surface area contributed by atoms with E-state index in [1.54, 1.807) is 0 Å². The summed E-state index contributed by atoms with van der Waals surface area (Å²) in [5, 5.41) is 10.7. The molecular formula is C14H26O3. The molecule has 0 amide bonds. The largest absolute Gasteiger partial charge is 0.459 e. The molecule has 1 N–H and O–H groups in total. The van der Waals surface area contributed by atoms with Gasteiger partial charge in [-0.25, -0.2) is 0 Å². The maximum absolute atomic E-state index is 11.8. The Labute approximate surface area is 105 Å². The molecule has 0 aromatic heterocycles. The van der Waals surface area contributed by atoms with E-state index >= 15 is 0 Å². The van der Waals surface area contributed by atoms with Crippen LogP contribution in [0.25, 0.3) is 0 Å². The van der Waals surface area contributed by atoms with E-state index in [1.165, 1.54) is 0 Å². The molecule has 1 saturated carbocycles. The van der Waals surface area contributed by atoms with Gasteiger partial charge in [-0.15, -0.1) is 0 Å². The number of rotatable bonds is 3. The lowest BCUT2D eigenvalue weighted by atomic mass is 9.74. The van der Waals surface area contributed by atoms with Crippen molar-refractivity contribution in [3.05, 3.63) is 0 Å². The third kappa shape index (κ3) is 2.82. The molecule has 0 aromatic carbocycles. The summed E-state index contributed by atoms with van der Waals surface area (Å²) in [6.45, 7) is 9.84. The van der Waals surface area contributed by atoms with Crippen molar-refractivity contribution in [1.29, 1.82) is 0 Å². The first-order valence-electron chi connectivity index (χ1n) is 6.65. The van der Waals surface area contributed by atoms with Gasteiger partial charge in [-0.1, -0.05) is 34.6 Å². The Bertz CT molecular complexity index is 280. The average Bonchev–Trinajstić information content (AvgIpc) is 2.59. The van der Waals surface area contributed by atoms with Crippen LogP contribution in [0.4, 0.5) is 0 Å². The molecule has 1 rings (SSSR count). The lowest BCUT2D eigenvalue weighted by molar-refractivity contribution is -0.178. The van der Waals surface area contributed by atoms with Gasteiger partial charge < -0.3 is 9.84 Å². The van der Waals surface area contributed by atoms with Gasteiger partial charge in [-0.3, -0.25) is 4.79 Å². The first kappa shape index (κ1) is 14.5. The number of hydrogen-bond donors (Lipinski definition) is 1. The average molecular weight is 242 g/mol. The van der Waals surface area contributed by atoms with Crippen LogP contribution in [0.5, 0.6) is 0 Å². The van der Waals surface area contributed by atoms with E-state index in [1.807, 2.05) is 34.6 Å². The van der Waals surface area contributed by atoms with Crippen molar-refractivity contribution in [3.63, 3.8) is 0 Å². The minimum Gasteiger partial charge on any atom is -0.459 e. The van der Waals surface area contributed by atoms with Gasteiger partial charge in [0.1, 0.15) is 11.7 Å². The summed E-state index contributed by atoms with van der Waals surface area (Å²) in [5.74, 6) is -0.262. The summed E-state index contributed by atoms with van der Waals surface area (Å²) < 4.78 is 5.52. The second-order valence-corrected chi connectivity index (χ2v) is 6.30. The summed E-state index contributed by atoms with van der Waals surface area (Å²) in [5.41, 5.74) is -1.14. The molecule has 3 heteroatoms. The monoisotopic (exact) mass is 242 g/mol. The van der Waals surface area contributed by atoms with Gasteiger partial charge in [-0.2, -0.15) is 0 Å². The van der Waals surface area contributed by atoms with E-state index < -0.39 is 5.60 Å². The number of esters is 1. The Hall–Kier alpha value is -0.570. The molecular weight excluding hydrogens is 216 g/mol. The van der Waals surface area contributed by atoms with Crippen molar-refractivity contribution in [3.8, 4) is 0 Å². The van der Waals surface area contributed by atoms with Gasteiger partial charge in [0.05, 0.1) is 5.92 Å². The molecule has 0 heterocycles. The Morgan fingerprint density at radius 2 is 2.12 bits per heavy atom. The SMILES string of the molecule is CCC(C)C(=O)OC1CCCC1(O)C(C)(C)C. The molecule has 100 valence electrons. The van der Waals surface area contributed by atoms with Gasteiger partial charge in [0, 0.05) is 0 Å². The van der Waals surface area contributed by atoms with Crippen molar-refractivity contribution in [2.24, 2.45) is 11.3 Å². The predicted octanol–water partition coefficient (Wildman–Crippen LogP) is 2.91. The fourth-order valence-electron chi connectivity index (χ4n) is 2.39. The molecule has 1 fully saturated rings. The van der Waals surface area contributed by atoms with Crippen LogP contribution < -0.4 is 0 Å². The molecule has 3 nitrogen and oxygen atoms in total. The van der Waals surface area contributed by atoms with E-state index in [2.05, 4.69) is 0 Å². The molecule has 0 aliphatic heterocycles. The highest BCUT2D eigenvalue weighted by molar-refractivity contribution is 5.72. The summed E-state index contributed by atoms with van der Waals surface area (Å²) in [6.07, 6.45) is 2.85. The summed E-state index contributed by atoms with van der Waals surface area (Å²) >= 11 is 0. The summed E-state index contributed by atoms with van der Waals surface area (Å²) in [4.78, 5) is 11.8. The Morgan fingerprint density at radius 1 is 1.53 bits per heavy atom. The third-order valence-corrected chi connectivity index (χ3v) is 4.13. The highest BCUT2D eigenvalue weighted by Gasteiger charge is 2.51. The Kier molecular flexibility index (Phi) is 4.23. The summed E-state index contributed by atoms with van der Waals surface area (Å²) in [6, 6.07) is 0. The highest BCUT2D eigenvalue weighted by Crippen LogP contribution is 2.45. The molecule has 3 unspecified atom stereocenters. The molecule has 3 atom stereocenters. The predicted molar refractivity (Wildman–Crippen MR) is 67.6 cm³/mol. The number of hydrogen-bond acceptors (Lipinski definition) is 3. The zero-order valence-corrected chi connectivity index (χ0v) is 11.7. The zero-order valence-electron chi connectivity index (χ0n) is 11.7. The number of carbonyl (C=O) groups is 1. The molecule has 17 heavy (non-hydrogen) atoms. The van der Waals surface area contributed by atoms with Crippen LogP contribution in [0.3, 0.4) is 0 Å². The highest BCUT2D eigenvalue weighted by atomic mass is 16.6. The Balaban J connectivity index is 2.74. The van der Waals surface area contributed by atoms with Crippen molar-refractivity contribution in [2.45, 2.75) is 72.0 Å². The van der Waals surface area contributed by atoms with Crippen LogP contribution >= 0.6 is 0 Å². The topological polar surface area (TPSA) is 46.5 Å². The lowest BCUT2D eigenvalue weighted by Crippen LogP contribution is -2.51. The number of carbonyl (C=O) groups excluding carboxylic acids is 1. The first-order chi connectivity index (χ1) is 7.72. The smallest absolute Gasteiger partial charge is 0.309 e. The van der Waals surface area contributed by atoms with Gasteiger partial charge in [-0.05, 0) is 31.1 Å². The lowest BCUT2D eigenvalue weighted by Gasteiger charge is -2.41. The fourth-order valence-corrected chi connectivity index (χ4v) is 2.39. The second kappa shape index (κ2) is 4.97. The van der Waals surface area contributed by atoms with E-state index in [9.17, 15) is 9.90 Å². The van der Waals surface area contributed by atoms with Crippen LogP contribution in [0.15, 0.2) is 0 Å². The van der Waals surface area contributed by atoms with E-state index in [4.69, 9.17) is 4.74 Å². The second-order valence-electron chi connectivity index (χ2n) is 6.30. The number of ether oxygens (including phenoxy) is 1. The number of aliphatic hydroxyl groups is 1. The third-order valence-electron chi connectivity index (χ3n) is 4.13. The van der Waals surface area contributed by atoms with Crippen molar-refractivity contribution in [1.82, 2.24) is 0 Å². The van der Waals surface area contributed by atoms with Gasteiger partial charge >= 0.3 is 5.97 Å². The minimum absolute atomic E-state index is 0.0835. The molecule has 0 aromatic rings. The normalized spacial score (nSPS) is 31.3. The molecule has 0 radical (unpaired) electrons. The van der Waals surface area contributed by atoms with Gasteiger partial charge in [0.15, 0.2) is 0 Å². The maximum Gasteiger partial charge on any atom is 0.309 e. The van der Waals surface area contributed by atoms with Crippen molar-refractivity contribution in [2.75, 3.05) is 0 Å². The molecule has 0 saturated heterocycles. The van der Waals surface area contributed by atoms with Crippen molar-refractivity contribution >= 4 is 5.97 Å². The maximum atomic E-state index is 11.8. The van der Waals surface area contributed by atoms with E-state index in [0.717, 1.165) is 25.7 Å². The van der Waals surface area contributed by atoms with Crippen LogP contribution in [-0.2, 0) is 9.53 Å². The van der Waals surface area contributed by atoms with Crippen LogP contribution in [0.2, 0.25) is 0 Å². The molecule has 0 spiro atoms. The van der Waals surface area contributed by atoms with Crippen LogP contribution in [0, 0.1) is 11.3 Å². The zero-order chi connectivity index (χ0) is 13.3. The van der Waals surface area contributed by atoms with Gasteiger partial charge in [0.2, 0.25) is 0 Å². The summed E-state index contributed by atoms with van der Waals surface area (Å²) in [7, 11) is 0. The fraction of sp³-hybridized carbons (Fsp3) is 0.929. The molecule has 1 aliphatic carbocycles. The molecule has 1 aliphatic rings. The quantitative estimate of drug-likeness (QED) is 0.774. The Morgan fingerprint density at radius 3 is 2.59 bits per heavy atom. The van der Waals surface area contributed by atoms with E-state index in [0.29, 0.717) is 0 Å². The molecule has 0 bridgehead atoms. The van der Waals surface area contributed by atoms with E-state index in [-0.39, 0.29) is 23.4 Å². The van der Waals surface area contributed by atoms with Crippen molar-refractivity contribution < 1.29 is 14.6 Å². The first-order valence-corrected chi connectivity index (χ1v) is 6.65. The standard InChI is InChI=1S/C14H26O3/c1-6-10(2)12(15)17-11-8-7-9-14(11,16)13(3,4)5/h10-11,16H,6-9H2,1-5H3. The van der Waals surface area contributed by atoms with Crippen LogP contribution in [0.1, 0.15) is 60.3 Å². The minimum atomic E-state index is -0.879. The van der Waals surface area contributed by atoms with Gasteiger partial charge in [0.25, 0.3) is 0 Å².